The largest absolute Gasteiger partial charge is 0.405 e. The number of nitrogens with zero attached hydrogens (tertiary/aromatic N) is 2. The Bertz CT molecular complexity index is 999. The lowest BCUT2D eigenvalue weighted by molar-refractivity contribution is -0.138. The quantitative estimate of drug-likeness (QED) is 0.757. The average molecular weight is 452 g/mol. The molecule has 2 aliphatic rings. The van der Waals surface area contributed by atoms with Gasteiger partial charge in [-0.2, -0.15) is 13.2 Å². The zero-order chi connectivity index (χ0) is 22.2. The summed E-state index contributed by atoms with van der Waals surface area (Å²) in [5, 5.41) is 2.26. The van der Waals surface area contributed by atoms with Crippen molar-refractivity contribution in [3.63, 3.8) is 0 Å². The standard InChI is InChI=1S/C22H21ClF3N3O2/c23-16-7-4-8-17-19(16)21(9-10-28(14-21)11-15-5-2-1-3-6-15)20(31)29(17)12-18(30)27-13-22(24,25)26/h1-8H,9-14H2,(H,27,30). The molecule has 0 aliphatic carbocycles. The third kappa shape index (κ3) is 4.27. The highest BCUT2D eigenvalue weighted by Gasteiger charge is 2.55. The summed E-state index contributed by atoms with van der Waals surface area (Å²) in [6.07, 6.45) is -3.99. The summed E-state index contributed by atoms with van der Waals surface area (Å²) in [5.74, 6) is -1.17. The van der Waals surface area contributed by atoms with Crippen LogP contribution >= 0.6 is 11.6 Å². The Morgan fingerprint density at radius 1 is 1.13 bits per heavy atom. The number of carbonyl (C=O) groups is 2. The second kappa shape index (κ2) is 8.16. The molecular weight excluding hydrogens is 431 g/mol. The van der Waals surface area contributed by atoms with Gasteiger partial charge in [-0.1, -0.05) is 48.0 Å². The fraction of sp³-hybridized carbons (Fsp3) is 0.364. The lowest BCUT2D eigenvalue weighted by Gasteiger charge is -2.25. The van der Waals surface area contributed by atoms with Crippen LogP contribution in [-0.4, -0.2) is 49.1 Å². The van der Waals surface area contributed by atoms with Gasteiger partial charge in [0.25, 0.3) is 0 Å². The zero-order valence-corrected chi connectivity index (χ0v) is 17.3. The minimum atomic E-state index is -4.52. The molecule has 1 fully saturated rings. The number of amides is 2. The van der Waals surface area contributed by atoms with E-state index in [2.05, 4.69) is 4.90 Å². The summed E-state index contributed by atoms with van der Waals surface area (Å²) in [7, 11) is 0. The molecule has 31 heavy (non-hydrogen) atoms. The number of carbonyl (C=O) groups excluding carboxylic acids is 2. The van der Waals surface area contributed by atoms with E-state index in [4.69, 9.17) is 11.6 Å². The number of hydrogen-bond acceptors (Lipinski definition) is 3. The minimum Gasteiger partial charge on any atom is -0.345 e. The van der Waals surface area contributed by atoms with Crippen LogP contribution in [0.2, 0.25) is 5.02 Å². The van der Waals surface area contributed by atoms with Gasteiger partial charge in [-0.05, 0) is 30.7 Å². The highest BCUT2D eigenvalue weighted by molar-refractivity contribution is 6.33. The van der Waals surface area contributed by atoms with Gasteiger partial charge >= 0.3 is 6.18 Å². The predicted molar refractivity (Wildman–Crippen MR) is 111 cm³/mol. The Balaban J connectivity index is 1.57. The molecule has 9 heteroatoms. The van der Waals surface area contributed by atoms with Gasteiger partial charge in [-0.25, -0.2) is 0 Å². The van der Waals surface area contributed by atoms with Crippen molar-refractivity contribution in [2.75, 3.05) is 31.1 Å². The van der Waals surface area contributed by atoms with Gasteiger partial charge in [0.2, 0.25) is 11.8 Å². The zero-order valence-electron chi connectivity index (χ0n) is 16.6. The Morgan fingerprint density at radius 2 is 1.87 bits per heavy atom. The molecule has 0 saturated carbocycles. The lowest BCUT2D eigenvalue weighted by Crippen LogP contribution is -2.47. The van der Waals surface area contributed by atoms with E-state index in [1.807, 2.05) is 35.6 Å². The summed E-state index contributed by atoms with van der Waals surface area (Å²) in [4.78, 5) is 29.1. The van der Waals surface area contributed by atoms with Gasteiger partial charge in [-0.15, -0.1) is 0 Å². The Labute approximate surface area is 182 Å². The number of anilines is 1. The first kappa shape index (κ1) is 21.6. The molecule has 4 rings (SSSR count). The molecule has 0 radical (unpaired) electrons. The molecule has 5 nitrogen and oxygen atoms in total. The van der Waals surface area contributed by atoms with E-state index in [1.54, 1.807) is 18.2 Å². The van der Waals surface area contributed by atoms with Crippen LogP contribution in [0.5, 0.6) is 0 Å². The van der Waals surface area contributed by atoms with Crippen LogP contribution < -0.4 is 10.2 Å². The first-order chi connectivity index (χ1) is 14.7. The number of hydrogen-bond donors (Lipinski definition) is 1. The van der Waals surface area contributed by atoms with E-state index in [0.29, 0.717) is 42.3 Å². The molecule has 2 aliphatic heterocycles. The lowest BCUT2D eigenvalue weighted by atomic mass is 9.81. The average Bonchev–Trinajstić information content (AvgIpc) is 3.23. The summed E-state index contributed by atoms with van der Waals surface area (Å²) in [6.45, 7) is -0.159. The number of halogens is 4. The smallest absolute Gasteiger partial charge is 0.345 e. The Hall–Kier alpha value is -2.58. The van der Waals surface area contributed by atoms with E-state index in [9.17, 15) is 22.8 Å². The second-order valence-electron chi connectivity index (χ2n) is 7.95. The number of alkyl halides is 3. The third-order valence-corrected chi connectivity index (χ3v) is 6.12. The molecule has 1 N–H and O–H groups in total. The predicted octanol–water partition coefficient (Wildman–Crippen LogP) is 3.51. The number of benzene rings is 2. The maximum Gasteiger partial charge on any atom is 0.405 e. The summed E-state index contributed by atoms with van der Waals surface area (Å²) < 4.78 is 37.3. The molecule has 2 amide bonds. The molecule has 1 unspecified atom stereocenters. The third-order valence-electron chi connectivity index (χ3n) is 5.80. The van der Waals surface area contributed by atoms with E-state index < -0.39 is 30.6 Å². The molecule has 1 spiro atoms. The first-order valence-corrected chi connectivity index (χ1v) is 10.3. The van der Waals surface area contributed by atoms with Crippen molar-refractivity contribution < 1.29 is 22.8 Å². The molecule has 2 aromatic carbocycles. The van der Waals surface area contributed by atoms with Crippen molar-refractivity contribution in [2.24, 2.45) is 0 Å². The fourth-order valence-electron chi connectivity index (χ4n) is 4.49. The molecule has 0 bridgehead atoms. The van der Waals surface area contributed by atoms with Crippen molar-refractivity contribution in [1.29, 1.82) is 0 Å². The highest BCUT2D eigenvalue weighted by atomic mass is 35.5. The van der Waals surface area contributed by atoms with Crippen molar-refractivity contribution in [3.8, 4) is 0 Å². The highest BCUT2D eigenvalue weighted by Crippen LogP contribution is 2.50. The van der Waals surface area contributed by atoms with Crippen LogP contribution in [0, 0.1) is 0 Å². The maximum atomic E-state index is 13.5. The molecule has 2 heterocycles. The van der Waals surface area contributed by atoms with Crippen LogP contribution in [0.1, 0.15) is 17.5 Å². The van der Waals surface area contributed by atoms with Crippen molar-refractivity contribution in [1.82, 2.24) is 10.2 Å². The van der Waals surface area contributed by atoms with Gasteiger partial charge in [0, 0.05) is 23.7 Å². The molecule has 2 aromatic rings. The van der Waals surface area contributed by atoms with E-state index in [-0.39, 0.29) is 5.91 Å². The van der Waals surface area contributed by atoms with E-state index in [0.717, 1.165) is 5.56 Å². The van der Waals surface area contributed by atoms with Crippen molar-refractivity contribution in [3.05, 3.63) is 64.7 Å². The number of rotatable bonds is 5. The topological polar surface area (TPSA) is 52.7 Å². The van der Waals surface area contributed by atoms with Crippen LogP contribution in [0.25, 0.3) is 0 Å². The first-order valence-electron chi connectivity index (χ1n) is 9.90. The van der Waals surface area contributed by atoms with Gasteiger partial charge < -0.3 is 10.2 Å². The molecule has 1 atom stereocenters. The molecule has 1 saturated heterocycles. The van der Waals surface area contributed by atoms with Gasteiger partial charge in [0.1, 0.15) is 13.1 Å². The fourth-order valence-corrected chi connectivity index (χ4v) is 4.84. The van der Waals surface area contributed by atoms with E-state index in [1.165, 1.54) is 4.90 Å². The molecule has 164 valence electrons. The van der Waals surface area contributed by atoms with Crippen molar-refractivity contribution >= 4 is 29.1 Å². The number of nitrogens with one attached hydrogen (secondary N) is 1. The summed E-state index contributed by atoms with van der Waals surface area (Å²) >= 11 is 6.49. The summed E-state index contributed by atoms with van der Waals surface area (Å²) in [5.41, 5.74) is 1.35. The van der Waals surface area contributed by atoms with Crippen LogP contribution in [0.3, 0.4) is 0 Å². The number of fused-ring (bicyclic) bond motifs is 2. The van der Waals surface area contributed by atoms with Crippen molar-refractivity contribution in [2.45, 2.75) is 24.6 Å². The second-order valence-corrected chi connectivity index (χ2v) is 8.35. The molecule has 0 aromatic heterocycles. The van der Waals surface area contributed by atoms with Crippen LogP contribution in [-0.2, 0) is 21.5 Å². The monoisotopic (exact) mass is 451 g/mol. The van der Waals surface area contributed by atoms with E-state index >= 15 is 0 Å². The maximum absolute atomic E-state index is 13.5. The van der Waals surface area contributed by atoms with Crippen LogP contribution in [0.15, 0.2) is 48.5 Å². The minimum absolute atomic E-state index is 0.298. The van der Waals surface area contributed by atoms with Gasteiger partial charge in [0.15, 0.2) is 0 Å². The Morgan fingerprint density at radius 3 is 2.58 bits per heavy atom. The normalized spacial score (nSPS) is 21.0. The summed E-state index contributed by atoms with van der Waals surface area (Å²) in [6, 6.07) is 14.9. The van der Waals surface area contributed by atoms with Gasteiger partial charge in [-0.3, -0.25) is 14.5 Å². The van der Waals surface area contributed by atoms with Gasteiger partial charge in [0.05, 0.1) is 11.1 Å². The van der Waals surface area contributed by atoms with Crippen LogP contribution in [0.4, 0.5) is 18.9 Å². The molecular formula is C22H21ClF3N3O2. The Kier molecular flexibility index (Phi) is 5.70. The number of likely N-dealkylation sites (tertiary alicyclic amines) is 1. The SMILES string of the molecule is O=C(CN1C(=O)C2(CCN(Cc3ccccc3)C2)c2c(Cl)cccc21)NCC(F)(F)F.